The van der Waals surface area contributed by atoms with Crippen LogP contribution in [0.1, 0.15) is 29.5 Å². The zero-order chi connectivity index (χ0) is 16.3. The van der Waals surface area contributed by atoms with E-state index in [0.29, 0.717) is 16.0 Å². The third kappa shape index (κ3) is 2.86. The second kappa shape index (κ2) is 6.18. The molecule has 7 nitrogen and oxygen atoms in total. The van der Waals surface area contributed by atoms with Gasteiger partial charge < -0.3 is 15.1 Å². The van der Waals surface area contributed by atoms with Crippen LogP contribution in [0.4, 0.5) is 0 Å². The van der Waals surface area contributed by atoms with Crippen molar-refractivity contribution in [3.63, 3.8) is 0 Å². The SMILES string of the molecule is Cc1nc(-c2ccccc2OC(C)CC#N)n(O)c1C(=O)O. The van der Waals surface area contributed by atoms with Gasteiger partial charge in [0.15, 0.2) is 11.5 Å². The number of ether oxygens (including phenoxy) is 1. The summed E-state index contributed by atoms with van der Waals surface area (Å²) in [5.74, 6) is -0.771. The number of imidazole rings is 1. The van der Waals surface area contributed by atoms with Crippen LogP contribution in [0.5, 0.6) is 5.75 Å². The zero-order valence-electron chi connectivity index (χ0n) is 12.1. The highest BCUT2D eigenvalue weighted by molar-refractivity contribution is 5.88. The van der Waals surface area contributed by atoms with Gasteiger partial charge in [0.1, 0.15) is 11.9 Å². The standard InChI is InChI=1S/C15H15N3O4/c1-9(7-8-16)22-12-6-4-3-5-11(12)14-17-10(2)13(15(19)20)18(14)21/h3-6,9,21H,7H2,1-2H3,(H,19,20). The Morgan fingerprint density at radius 1 is 1.50 bits per heavy atom. The molecule has 1 unspecified atom stereocenters. The van der Waals surface area contributed by atoms with E-state index in [2.05, 4.69) is 4.98 Å². The number of aromatic nitrogens is 2. The molecule has 0 spiro atoms. The zero-order valence-corrected chi connectivity index (χ0v) is 12.1. The first kappa shape index (κ1) is 15.4. The van der Waals surface area contributed by atoms with E-state index in [4.69, 9.17) is 15.1 Å². The summed E-state index contributed by atoms with van der Waals surface area (Å²) in [4.78, 5) is 15.2. The second-order valence-corrected chi connectivity index (χ2v) is 4.77. The third-order valence-electron chi connectivity index (χ3n) is 3.07. The number of benzene rings is 1. The van der Waals surface area contributed by atoms with Crippen molar-refractivity contribution in [2.75, 3.05) is 0 Å². The van der Waals surface area contributed by atoms with Crippen molar-refractivity contribution in [2.45, 2.75) is 26.4 Å². The van der Waals surface area contributed by atoms with Crippen molar-refractivity contribution in [2.24, 2.45) is 0 Å². The molecule has 0 aliphatic heterocycles. The maximum Gasteiger partial charge on any atom is 0.357 e. The highest BCUT2D eigenvalue weighted by Gasteiger charge is 2.23. The summed E-state index contributed by atoms with van der Waals surface area (Å²) in [7, 11) is 0. The topological polar surface area (TPSA) is 108 Å². The summed E-state index contributed by atoms with van der Waals surface area (Å²) in [6.07, 6.45) is -0.130. The average Bonchev–Trinajstić information content (AvgIpc) is 2.74. The maximum absolute atomic E-state index is 11.1. The predicted molar refractivity (Wildman–Crippen MR) is 76.9 cm³/mol. The Hall–Kier alpha value is -3.01. The number of para-hydroxylation sites is 1. The molecule has 0 amide bonds. The fraction of sp³-hybridized carbons (Fsp3) is 0.267. The van der Waals surface area contributed by atoms with Gasteiger partial charge in [-0.2, -0.15) is 9.99 Å². The number of carboxylic acid groups (broad SMARTS) is 1. The summed E-state index contributed by atoms with van der Waals surface area (Å²) < 4.78 is 6.21. The highest BCUT2D eigenvalue weighted by Crippen LogP contribution is 2.31. The van der Waals surface area contributed by atoms with Crippen molar-refractivity contribution < 1.29 is 19.8 Å². The third-order valence-corrected chi connectivity index (χ3v) is 3.07. The summed E-state index contributed by atoms with van der Waals surface area (Å²) in [6, 6.07) is 8.82. The molecule has 0 bridgehead atoms. The fourth-order valence-electron chi connectivity index (χ4n) is 2.08. The number of nitrogens with zero attached hydrogens (tertiary/aromatic N) is 3. The quantitative estimate of drug-likeness (QED) is 0.821. The lowest BCUT2D eigenvalue weighted by Gasteiger charge is -2.14. The summed E-state index contributed by atoms with van der Waals surface area (Å²) >= 11 is 0. The molecule has 114 valence electrons. The summed E-state index contributed by atoms with van der Waals surface area (Å²) in [5, 5.41) is 27.9. The van der Waals surface area contributed by atoms with Crippen molar-refractivity contribution in [1.82, 2.24) is 9.71 Å². The van der Waals surface area contributed by atoms with Crippen molar-refractivity contribution in [3.8, 4) is 23.2 Å². The molecular weight excluding hydrogens is 286 g/mol. The molecule has 2 N–H and O–H groups in total. The van der Waals surface area contributed by atoms with Crippen LogP contribution in [-0.4, -0.2) is 32.1 Å². The molecule has 22 heavy (non-hydrogen) atoms. The maximum atomic E-state index is 11.1. The van der Waals surface area contributed by atoms with E-state index in [0.717, 1.165) is 0 Å². The second-order valence-electron chi connectivity index (χ2n) is 4.77. The first-order chi connectivity index (χ1) is 10.5. The number of aromatic carboxylic acids is 1. The molecule has 0 aliphatic carbocycles. The van der Waals surface area contributed by atoms with Crippen molar-refractivity contribution >= 4 is 5.97 Å². The minimum Gasteiger partial charge on any atom is -0.489 e. The van der Waals surface area contributed by atoms with E-state index in [1.54, 1.807) is 31.2 Å². The Kier molecular flexibility index (Phi) is 4.32. The molecule has 2 rings (SSSR count). The van der Waals surface area contributed by atoms with Gasteiger partial charge in [0, 0.05) is 0 Å². The molecule has 0 aliphatic rings. The number of hydrogen-bond donors (Lipinski definition) is 2. The van der Waals surface area contributed by atoms with Gasteiger partial charge in [-0.15, -0.1) is 0 Å². The molecule has 1 aromatic carbocycles. The minimum atomic E-state index is -1.27. The van der Waals surface area contributed by atoms with Crippen molar-refractivity contribution in [3.05, 3.63) is 35.7 Å². The Morgan fingerprint density at radius 2 is 2.18 bits per heavy atom. The van der Waals surface area contributed by atoms with Crippen LogP contribution in [0, 0.1) is 18.3 Å². The van der Waals surface area contributed by atoms with E-state index in [1.807, 2.05) is 6.07 Å². The van der Waals surface area contributed by atoms with Crippen LogP contribution < -0.4 is 4.74 Å². The Labute approximate surface area is 127 Å². The number of carbonyl (C=O) groups is 1. The van der Waals surface area contributed by atoms with Gasteiger partial charge in [-0.3, -0.25) is 0 Å². The van der Waals surface area contributed by atoms with Gasteiger partial charge in [0.05, 0.1) is 23.7 Å². The van der Waals surface area contributed by atoms with Crippen LogP contribution in [0.3, 0.4) is 0 Å². The van der Waals surface area contributed by atoms with E-state index in [1.165, 1.54) is 6.92 Å². The molecule has 7 heteroatoms. The number of aryl methyl sites for hydroxylation is 1. The van der Waals surface area contributed by atoms with E-state index in [-0.39, 0.29) is 29.7 Å². The molecule has 1 aromatic heterocycles. The lowest BCUT2D eigenvalue weighted by molar-refractivity contribution is 0.0645. The first-order valence-electron chi connectivity index (χ1n) is 6.60. The van der Waals surface area contributed by atoms with Gasteiger partial charge in [0.25, 0.3) is 0 Å². The van der Waals surface area contributed by atoms with Crippen LogP contribution in [0.25, 0.3) is 11.4 Å². The van der Waals surface area contributed by atoms with E-state index in [9.17, 15) is 10.0 Å². The van der Waals surface area contributed by atoms with Crippen LogP contribution in [-0.2, 0) is 0 Å². The van der Waals surface area contributed by atoms with Crippen LogP contribution >= 0.6 is 0 Å². The van der Waals surface area contributed by atoms with Crippen LogP contribution in [0.15, 0.2) is 24.3 Å². The monoisotopic (exact) mass is 301 g/mol. The Morgan fingerprint density at radius 3 is 2.77 bits per heavy atom. The van der Waals surface area contributed by atoms with Crippen molar-refractivity contribution in [1.29, 1.82) is 5.26 Å². The van der Waals surface area contributed by atoms with Gasteiger partial charge in [-0.05, 0) is 26.0 Å². The first-order valence-corrected chi connectivity index (χ1v) is 6.60. The van der Waals surface area contributed by atoms with Gasteiger partial charge in [-0.1, -0.05) is 12.1 Å². The molecule has 0 radical (unpaired) electrons. The number of rotatable bonds is 5. The van der Waals surface area contributed by atoms with Gasteiger partial charge in [-0.25, -0.2) is 9.78 Å². The lowest BCUT2D eigenvalue weighted by atomic mass is 10.2. The molecule has 1 atom stereocenters. The average molecular weight is 301 g/mol. The minimum absolute atomic E-state index is 0.0784. The fourth-order valence-corrected chi connectivity index (χ4v) is 2.08. The highest BCUT2D eigenvalue weighted by atomic mass is 16.5. The summed E-state index contributed by atoms with van der Waals surface area (Å²) in [6.45, 7) is 3.25. The van der Waals surface area contributed by atoms with Gasteiger partial charge in [0.2, 0.25) is 0 Å². The Bertz CT molecular complexity index is 746. The summed E-state index contributed by atoms with van der Waals surface area (Å²) in [5.41, 5.74) is 0.352. The Balaban J connectivity index is 2.48. The lowest BCUT2D eigenvalue weighted by Crippen LogP contribution is -2.12. The molecule has 0 fully saturated rings. The predicted octanol–water partition coefficient (Wildman–Crippen LogP) is 2.48. The van der Waals surface area contributed by atoms with Crippen LogP contribution in [0.2, 0.25) is 0 Å². The number of carboxylic acids is 1. The largest absolute Gasteiger partial charge is 0.489 e. The molecular formula is C15H15N3O4. The number of nitriles is 1. The van der Waals surface area contributed by atoms with E-state index >= 15 is 0 Å². The molecule has 0 saturated carbocycles. The smallest absolute Gasteiger partial charge is 0.357 e. The number of hydrogen-bond acceptors (Lipinski definition) is 5. The molecule has 1 heterocycles. The molecule has 2 aromatic rings. The molecule has 0 saturated heterocycles. The van der Waals surface area contributed by atoms with Gasteiger partial charge >= 0.3 is 5.97 Å². The normalized spacial score (nSPS) is 11.7. The van der Waals surface area contributed by atoms with E-state index < -0.39 is 5.97 Å².